The summed E-state index contributed by atoms with van der Waals surface area (Å²) in [6.45, 7) is 4.12. The summed E-state index contributed by atoms with van der Waals surface area (Å²) in [5.41, 5.74) is 0.938. The van der Waals surface area contributed by atoms with Crippen molar-refractivity contribution in [2.45, 2.75) is 31.9 Å². The van der Waals surface area contributed by atoms with E-state index in [9.17, 15) is 0 Å². The summed E-state index contributed by atoms with van der Waals surface area (Å²) in [6.07, 6.45) is 4.63. The highest BCUT2D eigenvalue weighted by Crippen LogP contribution is 2.41. The van der Waals surface area contributed by atoms with Crippen molar-refractivity contribution >= 4 is 16.9 Å². The Kier molecular flexibility index (Phi) is 3.96. The number of rotatable bonds is 3. The molecule has 1 aliphatic carbocycles. The van der Waals surface area contributed by atoms with Crippen LogP contribution < -0.4 is 4.90 Å². The van der Waals surface area contributed by atoms with E-state index in [-0.39, 0.29) is 0 Å². The molecule has 1 saturated carbocycles. The molecule has 2 fully saturated rings. The molecule has 1 aliphatic heterocycles. The van der Waals surface area contributed by atoms with Crippen LogP contribution in [0.4, 0.5) is 5.82 Å². The Morgan fingerprint density at radius 1 is 1.21 bits per heavy atom. The summed E-state index contributed by atoms with van der Waals surface area (Å²) in [4.78, 5) is 17.3. The third kappa shape index (κ3) is 2.58. The quantitative estimate of drug-likeness (QED) is 0.934. The van der Waals surface area contributed by atoms with E-state index >= 15 is 0 Å². The van der Waals surface area contributed by atoms with Gasteiger partial charge in [-0.05, 0) is 51.8 Å². The molecule has 2 aliphatic rings. The van der Waals surface area contributed by atoms with Crippen molar-refractivity contribution in [2.24, 2.45) is 11.8 Å². The molecule has 1 N–H and O–H groups in total. The Hall–Kier alpha value is -1.66. The van der Waals surface area contributed by atoms with E-state index in [1.165, 1.54) is 6.42 Å². The SMILES string of the molecule is CO[C@@H]1C[C@H]2CN(c3nc(C)nc4[nH]ccc34)C[C@H]2C[C@H]1N(C)C. The normalized spacial score (nSPS) is 30.3. The number of H-pyrrole nitrogens is 1. The summed E-state index contributed by atoms with van der Waals surface area (Å²) >= 11 is 0. The summed E-state index contributed by atoms with van der Waals surface area (Å²) in [6, 6.07) is 2.60. The molecule has 0 unspecified atom stereocenters. The van der Waals surface area contributed by atoms with E-state index in [2.05, 4.69) is 39.9 Å². The molecule has 1 saturated heterocycles. The number of aromatic nitrogens is 3. The summed E-state index contributed by atoms with van der Waals surface area (Å²) in [7, 11) is 6.19. The first-order valence-corrected chi connectivity index (χ1v) is 8.82. The zero-order valence-electron chi connectivity index (χ0n) is 15.0. The largest absolute Gasteiger partial charge is 0.380 e. The highest BCUT2D eigenvalue weighted by atomic mass is 16.5. The van der Waals surface area contributed by atoms with Gasteiger partial charge < -0.3 is 19.5 Å². The minimum Gasteiger partial charge on any atom is -0.380 e. The van der Waals surface area contributed by atoms with Gasteiger partial charge in [0.25, 0.3) is 0 Å². The number of anilines is 1. The van der Waals surface area contributed by atoms with Crippen LogP contribution >= 0.6 is 0 Å². The van der Waals surface area contributed by atoms with Gasteiger partial charge in [-0.3, -0.25) is 0 Å². The summed E-state index contributed by atoms with van der Waals surface area (Å²) in [5, 5.41) is 1.13. The molecule has 0 bridgehead atoms. The number of hydrogen-bond acceptors (Lipinski definition) is 5. The highest BCUT2D eigenvalue weighted by molar-refractivity contribution is 5.87. The maximum absolute atomic E-state index is 5.80. The number of fused-ring (bicyclic) bond motifs is 2. The van der Waals surface area contributed by atoms with Crippen LogP contribution in [-0.4, -0.2) is 66.3 Å². The number of methoxy groups -OCH3 is 1. The minimum atomic E-state index is 0.334. The smallest absolute Gasteiger partial charge is 0.143 e. The van der Waals surface area contributed by atoms with Gasteiger partial charge in [0.2, 0.25) is 0 Å². The highest BCUT2D eigenvalue weighted by Gasteiger charge is 2.43. The van der Waals surface area contributed by atoms with Gasteiger partial charge in [-0.15, -0.1) is 0 Å². The second-order valence-corrected chi connectivity index (χ2v) is 7.54. The summed E-state index contributed by atoms with van der Waals surface area (Å²) in [5.74, 6) is 3.32. The van der Waals surface area contributed by atoms with E-state index in [1.54, 1.807) is 0 Å². The Balaban J connectivity index is 1.61. The lowest BCUT2D eigenvalue weighted by molar-refractivity contribution is -0.0209. The van der Waals surface area contributed by atoms with Gasteiger partial charge in [-0.25, -0.2) is 9.97 Å². The van der Waals surface area contributed by atoms with Gasteiger partial charge in [0.1, 0.15) is 17.3 Å². The van der Waals surface area contributed by atoms with Crippen LogP contribution in [0.15, 0.2) is 12.3 Å². The average molecular weight is 329 g/mol. The van der Waals surface area contributed by atoms with E-state index in [1.807, 2.05) is 20.2 Å². The minimum absolute atomic E-state index is 0.334. The monoisotopic (exact) mass is 329 g/mol. The maximum atomic E-state index is 5.80. The van der Waals surface area contributed by atoms with Crippen LogP contribution in [0.25, 0.3) is 11.0 Å². The topological polar surface area (TPSA) is 57.3 Å². The molecule has 0 radical (unpaired) electrons. The Morgan fingerprint density at radius 3 is 2.67 bits per heavy atom. The molecular weight excluding hydrogens is 302 g/mol. The zero-order valence-corrected chi connectivity index (χ0v) is 15.0. The van der Waals surface area contributed by atoms with E-state index in [0.717, 1.165) is 42.2 Å². The van der Waals surface area contributed by atoms with Crippen LogP contribution in [0.5, 0.6) is 0 Å². The molecule has 130 valence electrons. The molecule has 0 aromatic carbocycles. The van der Waals surface area contributed by atoms with Crippen molar-refractivity contribution in [1.29, 1.82) is 0 Å². The molecule has 6 nitrogen and oxygen atoms in total. The number of aryl methyl sites for hydroxylation is 1. The predicted octanol–water partition coefficient (Wildman–Crippen LogP) is 2.06. The number of ether oxygens (including phenoxy) is 1. The third-order valence-corrected chi connectivity index (χ3v) is 5.86. The van der Waals surface area contributed by atoms with Crippen molar-refractivity contribution in [3.63, 3.8) is 0 Å². The molecule has 2 aromatic rings. The number of nitrogens with zero attached hydrogens (tertiary/aromatic N) is 4. The molecule has 4 rings (SSSR count). The number of hydrogen-bond donors (Lipinski definition) is 1. The Bertz CT molecular complexity index is 727. The molecule has 4 atom stereocenters. The Morgan fingerprint density at radius 2 is 1.96 bits per heavy atom. The van der Waals surface area contributed by atoms with Gasteiger partial charge in [0, 0.05) is 32.4 Å². The number of nitrogens with one attached hydrogen (secondary N) is 1. The molecule has 2 aromatic heterocycles. The number of likely N-dealkylation sites (N-methyl/N-ethyl adjacent to an activating group) is 1. The fourth-order valence-electron chi connectivity index (χ4n) is 4.63. The number of aromatic amines is 1. The van der Waals surface area contributed by atoms with Crippen molar-refractivity contribution in [1.82, 2.24) is 19.9 Å². The van der Waals surface area contributed by atoms with Crippen LogP contribution in [0, 0.1) is 18.8 Å². The van der Waals surface area contributed by atoms with Crippen LogP contribution in [0.2, 0.25) is 0 Å². The maximum Gasteiger partial charge on any atom is 0.143 e. The zero-order chi connectivity index (χ0) is 16.8. The molecule has 3 heterocycles. The van der Waals surface area contributed by atoms with Gasteiger partial charge >= 0.3 is 0 Å². The first kappa shape index (κ1) is 15.8. The van der Waals surface area contributed by atoms with Crippen LogP contribution in [-0.2, 0) is 4.74 Å². The van der Waals surface area contributed by atoms with E-state index < -0.39 is 0 Å². The lowest BCUT2D eigenvalue weighted by Gasteiger charge is -2.40. The Labute approximate surface area is 143 Å². The lowest BCUT2D eigenvalue weighted by Crippen LogP contribution is -2.47. The van der Waals surface area contributed by atoms with Gasteiger partial charge in [-0.1, -0.05) is 0 Å². The fourth-order valence-corrected chi connectivity index (χ4v) is 4.63. The van der Waals surface area contributed by atoms with Crippen molar-refractivity contribution in [2.75, 3.05) is 39.2 Å². The fraction of sp³-hybridized carbons (Fsp3) is 0.667. The lowest BCUT2D eigenvalue weighted by atomic mass is 9.77. The molecule has 6 heteroatoms. The van der Waals surface area contributed by atoms with Crippen molar-refractivity contribution in [3.8, 4) is 0 Å². The van der Waals surface area contributed by atoms with Crippen molar-refractivity contribution < 1.29 is 4.74 Å². The first-order valence-electron chi connectivity index (χ1n) is 8.82. The summed E-state index contributed by atoms with van der Waals surface area (Å²) < 4.78 is 5.80. The van der Waals surface area contributed by atoms with Crippen LogP contribution in [0.1, 0.15) is 18.7 Å². The molecule has 24 heavy (non-hydrogen) atoms. The predicted molar refractivity (Wildman–Crippen MR) is 95.3 cm³/mol. The second kappa shape index (κ2) is 6.01. The second-order valence-electron chi connectivity index (χ2n) is 7.54. The van der Waals surface area contributed by atoms with E-state index in [0.29, 0.717) is 24.0 Å². The standard InChI is InChI=1S/C18H27N5O/c1-11-20-17-14(5-6-19-17)18(21-11)23-9-12-7-15(22(2)3)16(24-4)8-13(12)10-23/h5-6,12-13,15-16H,7-10H2,1-4H3,(H,19,20,21)/t12-,13+,15-,16-/m1/s1. The molecule has 0 spiro atoms. The van der Waals surface area contributed by atoms with Gasteiger partial charge in [-0.2, -0.15) is 0 Å². The van der Waals surface area contributed by atoms with Gasteiger partial charge in [0.05, 0.1) is 11.5 Å². The average Bonchev–Trinajstić information content (AvgIpc) is 3.18. The van der Waals surface area contributed by atoms with E-state index in [4.69, 9.17) is 9.72 Å². The van der Waals surface area contributed by atoms with Crippen LogP contribution in [0.3, 0.4) is 0 Å². The molecular formula is C18H27N5O. The van der Waals surface area contributed by atoms with Gasteiger partial charge in [0.15, 0.2) is 0 Å². The first-order chi connectivity index (χ1) is 11.6. The van der Waals surface area contributed by atoms with Crippen molar-refractivity contribution in [3.05, 3.63) is 18.1 Å². The molecule has 0 amide bonds. The third-order valence-electron chi connectivity index (χ3n) is 5.86.